The smallest absolute Gasteiger partial charge is 0.274 e. The molecule has 0 saturated heterocycles. The fourth-order valence-corrected chi connectivity index (χ4v) is 2.38. The van der Waals surface area contributed by atoms with Gasteiger partial charge in [0.15, 0.2) is 11.6 Å². The molecule has 0 radical (unpaired) electrons. The van der Waals surface area contributed by atoms with E-state index in [1.807, 2.05) is 24.3 Å². The molecule has 27 heavy (non-hydrogen) atoms. The molecule has 1 heterocycles. The molecule has 2 aromatic carbocycles. The van der Waals surface area contributed by atoms with Crippen LogP contribution in [0.15, 0.2) is 60.8 Å². The van der Waals surface area contributed by atoms with Crippen LogP contribution in [-0.2, 0) is 6.54 Å². The highest BCUT2D eigenvalue weighted by Crippen LogP contribution is 2.16. The number of ether oxygens (including phenoxy) is 1. The monoisotopic (exact) mass is 369 g/mol. The summed E-state index contributed by atoms with van der Waals surface area (Å²) in [5.41, 5.74) is 2.05. The van der Waals surface area contributed by atoms with Gasteiger partial charge in [0, 0.05) is 30.2 Å². The number of methoxy groups -OCH3 is 1. The van der Waals surface area contributed by atoms with E-state index >= 15 is 0 Å². The van der Waals surface area contributed by atoms with Crippen LogP contribution >= 0.6 is 0 Å². The number of amides is 1. The number of nitrogens with zero attached hydrogens (tertiary/aromatic N) is 1. The summed E-state index contributed by atoms with van der Waals surface area (Å²) in [6, 6.07) is 14.1. The lowest BCUT2D eigenvalue weighted by molar-refractivity contribution is 0.102. The van der Waals surface area contributed by atoms with Crippen molar-refractivity contribution in [3.63, 3.8) is 0 Å². The molecule has 0 aliphatic carbocycles. The first-order valence-corrected chi connectivity index (χ1v) is 8.14. The van der Waals surface area contributed by atoms with Crippen molar-refractivity contribution in [3.8, 4) is 5.75 Å². The third kappa shape index (κ3) is 4.78. The van der Waals surface area contributed by atoms with Gasteiger partial charge in [-0.05, 0) is 42.0 Å². The Hall–Kier alpha value is -3.48. The van der Waals surface area contributed by atoms with Gasteiger partial charge in [-0.1, -0.05) is 12.1 Å². The van der Waals surface area contributed by atoms with Crippen molar-refractivity contribution in [1.29, 1.82) is 0 Å². The average Bonchev–Trinajstić information content (AvgIpc) is 2.70. The first-order valence-electron chi connectivity index (χ1n) is 8.14. The molecule has 3 rings (SSSR count). The second-order valence-corrected chi connectivity index (χ2v) is 5.71. The Morgan fingerprint density at radius 3 is 2.48 bits per heavy atom. The molecule has 0 saturated carbocycles. The second-order valence-electron chi connectivity index (χ2n) is 5.71. The van der Waals surface area contributed by atoms with Crippen molar-refractivity contribution in [2.45, 2.75) is 6.54 Å². The molecule has 138 valence electrons. The number of nitrogens with one attached hydrogen (secondary N) is 2. The van der Waals surface area contributed by atoms with Crippen LogP contribution in [0.3, 0.4) is 0 Å². The van der Waals surface area contributed by atoms with Gasteiger partial charge in [-0.3, -0.25) is 9.78 Å². The van der Waals surface area contributed by atoms with Gasteiger partial charge < -0.3 is 15.4 Å². The van der Waals surface area contributed by atoms with Crippen LogP contribution in [0.25, 0.3) is 0 Å². The van der Waals surface area contributed by atoms with E-state index in [0.717, 1.165) is 23.4 Å². The molecule has 0 atom stereocenters. The number of aromatic nitrogens is 1. The zero-order valence-electron chi connectivity index (χ0n) is 14.5. The van der Waals surface area contributed by atoms with E-state index in [1.54, 1.807) is 19.2 Å². The van der Waals surface area contributed by atoms with Crippen molar-refractivity contribution in [1.82, 2.24) is 4.98 Å². The van der Waals surface area contributed by atoms with E-state index in [1.165, 1.54) is 12.3 Å². The molecule has 0 spiro atoms. The van der Waals surface area contributed by atoms with E-state index in [0.29, 0.717) is 12.2 Å². The molecule has 1 aromatic heterocycles. The van der Waals surface area contributed by atoms with Crippen LogP contribution in [0.5, 0.6) is 5.75 Å². The molecule has 1 amide bonds. The van der Waals surface area contributed by atoms with Gasteiger partial charge in [-0.25, -0.2) is 8.78 Å². The molecular weight excluding hydrogens is 352 g/mol. The van der Waals surface area contributed by atoms with Crippen LogP contribution in [0, 0.1) is 11.6 Å². The highest BCUT2D eigenvalue weighted by Gasteiger charge is 2.10. The number of carbonyl (C=O) groups is 1. The molecule has 3 aromatic rings. The Kier molecular flexibility index (Phi) is 5.61. The van der Waals surface area contributed by atoms with Gasteiger partial charge in [0.2, 0.25) is 0 Å². The minimum absolute atomic E-state index is 0.150. The number of benzene rings is 2. The molecular formula is C20H17F2N3O2. The molecule has 0 aliphatic rings. The van der Waals surface area contributed by atoms with Gasteiger partial charge in [0.05, 0.1) is 7.11 Å². The molecule has 0 bridgehead atoms. The predicted molar refractivity (Wildman–Crippen MR) is 98.9 cm³/mol. The quantitative estimate of drug-likeness (QED) is 0.682. The van der Waals surface area contributed by atoms with E-state index in [-0.39, 0.29) is 11.4 Å². The molecule has 2 N–H and O–H groups in total. The molecule has 0 fully saturated rings. The summed E-state index contributed by atoms with van der Waals surface area (Å²) in [7, 11) is 1.61. The van der Waals surface area contributed by atoms with Crippen molar-refractivity contribution in [3.05, 3.63) is 83.7 Å². The summed E-state index contributed by atoms with van der Waals surface area (Å²) >= 11 is 0. The lowest BCUT2D eigenvalue weighted by Gasteiger charge is -2.09. The summed E-state index contributed by atoms with van der Waals surface area (Å²) in [4.78, 5) is 16.3. The Labute approximate surface area is 155 Å². The SMILES string of the molecule is COc1ccc(CNc2ccnc(C(=O)Nc3ccc(F)c(F)c3)c2)cc1. The third-order valence-electron chi connectivity index (χ3n) is 3.83. The predicted octanol–water partition coefficient (Wildman–Crippen LogP) is 4.23. The Morgan fingerprint density at radius 2 is 1.78 bits per heavy atom. The van der Waals surface area contributed by atoms with Gasteiger partial charge in [0.1, 0.15) is 11.4 Å². The van der Waals surface area contributed by atoms with Crippen LogP contribution in [0.2, 0.25) is 0 Å². The summed E-state index contributed by atoms with van der Waals surface area (Å²) in [5, 5.41) is 5.69. The van der Waals surface area contributed by atoms with Gasteiger partial charge >= 0.3 is 0 Å². The Bertz CT molecular complexity index is 946. The van der Waals surface area contributed by atoms with Gasteiger partial charge in [-0.15, -0.1) is 0 Å². The lowest BCUT2D eigenvalue weighted by atomic mass is 10.2. The summed E-state index contributed by atoms with van der Waals surface area (Å²) in [6.07, 6.45) is 1.50. The first-order chi connectivity index (χ1) is 13.0. The fraction of sp³-hybridized carbons (Fsp3) is 0.100. The highest BCUT2D eigenvalue weighted by atomic mass is 19.2. The molecule has 5 nitrogen and oxygen atoms in total. The van der Waals surface area contributed by atoms with Crippen LogP contribution in [0.1, 0.15) is 16.1 Å². The summed E-state index contributed by atoms with van der Waals surface area (Å²) in [6.45, 7) is 0.554. The van der Waals surface area contributed by atoms with Crippen LogP contribution in [0.4, 0.5) is 20.2 Å². The normalized spacial score (nSPS) is 10.3. The van der Waals surface area contributed by atoms with E-state index in [9.17, 15) is 13.6 Å². The molecule has 7 heteroatoms. The highest BCUT2D eigenvalue weighted by molar-refractivity contribution is 6.03. The standard InChI is InChI=1S/C20H17F2N3O2/c1-27-16-5-2-13(3-6-16)12-24-14-8-9-23-19(11-14)20(26)25-15-4-7-17(21)18(22)10-15/h2-11H,12H2,1H3,(H,23,24)(H,25,26). The number of hydrogen-bond acceptors (Lipinski definition) is 4. The maximum atomic E-state index is 13.2. The van der Waals surface area contributed by atoms with Gasteiger partial charge in [-0.2, -0.15) is 0 Å². The third-order valence-corrected chi connectivity index (χ3v) is 3.83. The van der Waals surface area contributed by atoms with Gasteiger partial charge in [0.25, 0.3) is 5.91 Å². The largest absolute Gasteiger partial charge is 0.497 e. The minimum atomic E-state index is -1.03. The Morgan fingerprint density at radius 1 is 1.00 bits per heavy atom. The number of halogens is 2. The lowest BCUT2D eigenvalue weighted by Crippen LogP contribution is -2.14. The van der Waals surface area contributed by atoms with Crippen molar-refractivity contribution >= 4 is 17.3 Å². The topological polar surface area (TPSA) is 63.2 Å². The zero-order chi connectivity index (χ0) is 19.2. The average molecular weight is 369 g/mol. The van der Waals surface area contributed by atoms with Crippen molar-refractivity contribution in [2.24, 2.45) is 0 Å². The summed E-state index contributed by atoms with van der Waals surface area (Å²) < 4.78 is 31.3. The number of hydrogen-bond donors (Lipinski definition) is 2. The van der Waals surface area contributed by atoms with Crippen molar-refractivity contribution in [2.75, 3.05) is 17.7 Å². The first kappa shape index (κ1) is 18.3. The minimum Gasteiger partial charge on any atom is -0.497 e. The second kappa shape index (κ2) is 8.27. The van der Waals surface area contributed by atoms with E-state index in [4.69, 9.17) is 4.74 Å². The van der Waals surface area contributed by atoms with E-state index in [2.05, 4.69) is 15.6 Å². The fourth-order valence-electron chi connectivity index (χ4n) is 2.38. The van der Waals surface area contributed by atoms with Crippen LogP contribution in [-0.4, -0.2) is 18.0 Å². The Balaban J connectivity index is 1.65. The molecule has 0 unspecified atom stereocenters. The van der Waals surface area contributed by atoms with Crippen molar-refractivity contribution < 1.29 is 18.3 Å². The number of rotatable bonds is 6. The van der Waals surface area contributed by atoms with E-state index < -0.39 is 17.5 Å². The van der Waals surface area contributed by atoms with Crippen LogP contribution < -0.4 is 15.4 Å². The number of anilines is 2. The molecule has 0 aliphatic heterocycles. The number of carbonyl (C=O) groups excluding carboxylic acids is 1. The maximum Gasteiger partial charge on any atom is 0.274 e. The maximum absolute atomic E-state index is 13.2. The zero-order valence-corrected chi connectivity index (χ0v) is 14.5. The number of pyridine rings is 1. The summed E-state index contributed by atoms with van der Waals surface area (Å²) in [5.74, 6) is -1.75.